The number of amides is 1. The van der Waals surface area contributed by atoms with Crippen LogP contribution in [0, 0.1) is 6.92 Å². The first-order valence-corrected chi connectivity index (χ1v) is 8.08. The van der Waals surface area contributed by atoms with Crippen LogP contribution < -0.4 is 5.32 Å². The molecular weight excluding hydrogens is 292 g/mol. The smallest absolute Gasteiger partial charge is 0.271 e. The summed E-state index contributed by atoms with van der Waals surface area (Å²) in [5.74, 6) is 0.688. The van der Waals surface area contributed by atoms with E-state index in [1.807, 2.05) is 19.1 Å². The number of nitrogens with one attached hydrogen (secondary N) is 1. The van der Waals surface area contributed by atoms with Gasteiger partial charge in [0, 0.05) is 12.7 Å². The van der Waals surface area contributed by atoms with Gasteiger partial charge >= 0.3 is 0 Å². The average Bonchev–Trinajstić information content (AvgIpc) is 3.11. The molecule has 0 saturated carbocycles. The van der Waals surface area contributed by atoms with Crippen LogP contribution in [0.5, 0.6) is 0 Å². The molecule has 2 aromatic heterocycles. The Morgan fingerprint density at radius 1 is 1.30 bits per heavy atom. The lowest BCUT2D eigenvalue weighted by molar-refractivity contribution is 0.0909. The predicted molar refractivity (Wildman–Crippen MR) is 86.0 cm³/mol. The van der Waals surface area contributed by atoms with Crippen molar-refractivity contribution in [2.24, 2.45) is 0 Å². The Hall–Kier alpha value is -2.21. The fourth-order valence-corrected chi connectivity index (χ4v) is 2.91. The molecule has 2 aromatic rings. The highest BCUT2D eigenvalue weighted by Gasteiger charge is 2.25. The third-order valence-corrected chi connectivity index (χ3v) is 4.17. The van der Waals surface area contributed by atoms with E-state index in [1.165, 1.54) is 25.5 Å². The maximum atomic E-state index is 12.3. The number of furan rings is 1. The lowest BCUT2D eigenvalue weighted by Crippen LogP contribution is -2.40. The Morgan fingerprint density at radius 3 is 2.78 bits per heavy atom. The van der Waals surface area contributed by atoms with Crippen LogP contribution in [0.1, 0.15) is 47.2 Å². The summed E-state index contributed by atoms with van der Waals surface area (Å²) in [5.41, 5.74) is 1.13. The number of piperidine rings is 1. The van der Waals surface area contributed by atoms with E-state index in [9.17, 15) is 4.79 Å². The molecule has 0 bridgehead atoms. The molecule has 3 heterocycles. The zero-order valence-corrected chi connectivity index (χ0v) is 13.4. The van der Waals surface area contributed by atoms with Gasteiger partial charge in [-0.1, -0.05) is 6.42 Å². The van der Waals surface area contributed by atoms with Gasteiger partial charge in [0.25, 0.3) is 5.91 Å². The molecule has 1 fully saturated rings. The quantitative estimate of drug-likeness (QED) is 0.917. The molecule has 1 aliphatic rings. The SMILES string of the molecule is Cc1cnc(C(=O)NCC(c2ccco2)N2CCCCC2)cn1. The van der Waals surface area contributed by atoms with Crippen molar-refractivity contribution in [2.45, 2.75) is 32.2 Å². The first kappa shape index (κ1) is 15.7. The minimum absolute atomic E-state index is 0.0626. The molecule has 1 N–H and O–H groups in total. The summed E-state index contributed by atoms with van der Waals surface area (Å²) in [6, 6.07) is 3.92. The Labute approximate surface area is 135 Å². The summed E-state index contributed by atoms with van der Waals surface area (Å²) in [4.78, 5) is 22.9. The van der Waals surface area contributed by atoms with E-state index in [2.05, 4.69) is 20.2 Å². The van der Waals surface area contributed by atoms with Gasteiger partial charge in [-0.05, 0) is 45.0 Å². The monoisotopic (exact) mass is 314 g/mol. The van der Waals surface area contributed by atoms with Gasteiger partial charge in [-0.15, -0.1) is 0 Å². The maximum absolute atomic E-state index is 12.3. The van der Waals surface area contributed by atoms with Gasteiger partial charge in [-0.2, -0.15) is 0 Å². The van der Waals surface area contributed by atoms with Crippen LogP contribution in [-0.4, -0.2) is 40.4 Å². The molecule has 6 heteroatoms. The molecule has 0 spiro atoms. The molecule has 23 heavy (non-hydrogen) atoms. The molecule has 0 aromatic carbocycles. The van der Waals surface area contributed by atoms with Gasteiger partial charge in [0.15, 0.2) is 0 Å². The normalized spacial score (nSPS) is 16.9. The standard InChI is InChI=1S/C17H22N4O2/c1-13-10-19-14(11-18-13)17(22)20-12-15(16-6-5-9-23-16)21-7-3-2-4-8-21/h5-6,9-11,15H,2-4,7-8,12H2,1H3,(H,20,22). The molecule has 3 rings (SSSR count). The Bertz CT molecular complexity index is 619. The van der Waals surface area contributed by atoms with E-state index < -0.39 is 0 Å². The number of likely N-dealkylation sites (tertiary alicyclic amines) is 1. The number of carbonyl (C=O) groups excluding carboxylic acids is 1. The minimum atomic E-state index is -0.203. The summed E-state index contributed by atoms with van der Waals surface area (Å²) in [6.45, 7) is 4.41. The van der Waals surface area contributed by atoms with Crippen molar-refractivity contribution in [3.63, 3.8) is 0 Å². The number of hydrogen-bond acceptors (Lipinski definition) is 5. The second-order valence-corrected chi connectivity index (χ2v) is 5.88. The number of aryl methyl sites for hydroxylation is 1. The summed E-state index contributed by atoms with van der Waals surface area (Å²) >= 11 is 0. The van der Waals surface area contributed by atoms with Gasteiger partial charge in [-0.25, -0.2) is 4.98 Å². The lowest BCUT2D eigenvalue weighted by atomic mass is 10.1. The van der Waals surface area contributed by atoms with Gasteiger partial charge in [0.1, 0.15) is 11.5 Å². The molecule has 1 saturated heterocycles. The number of aromatic nitrogens is 2. The van der Waals surface area contributed by atoms with Crippen LogP contribution in [-0.2, 0) is 0 Å². The molecule has 1 atom stereocenters. The summed E-state index contributed by atoms with van der Waals surface area (Å²) < 4.78 is 5.58. The van der Waals surface area contributed by atoms with E-state index in [4.69, 9.17) is 4.42 Å². The fraction of sp³-hybridized carbons (Fsp3) is 0.471. The van der Waals surface area contributed by atoms with Crippen LogP contribution in [0.2, 0.25) is 0 Å². The van der Waals surface area contributed by atoms with Crippen molar-refractivity contribution in [3.05, 3.63) is 47.9 Å². The van der Waals surface area contributed by atoms with Crippen molar-refractivity contribution >= 4 is 5.91 Å². The maximum Gasteiger partial charge on any atom is 0.271 e. The third kappa shape index (κ3) is 3.96. The molecule has 122 valence electrons. The third-order valence-electron chi connectivity index (χ3n) is 4.17. The highest BCUT2D eigenvalue weighted by molar-refractivity contribution is 5.91. The largest absolute Gasteiger partial charge is 0.468 e. The first-order valence-electron chi connectivity index (χ1n) is 8.08. The van der Waals surface area contributed by atoms with Crippen LogP contribution in [0.3, 0.4) is 0 Å². The Balaban J connectivity index is 1.66. The number of nitrogens with zero attached hydrogens (tertiary/aromatic N) is 3. The first-order chi connectivity index (χ1) is 11.2. The fourth-order valence-electron chi connectivity index (χ4n) is 2.91. The zero-order valence-electron chi connectivity index (χ0n) is 13.4. The highest BCUT2D eigenvalue weighted by Crippen LogP contribution is 2.24. The Kier molecular flexibility index (Phi) is 5.02. The molecule has 0 aliphatic carbocycles. The average molecular weight is 314 g/mol. The van der Waals surface area contributed by atoms with Crippen molar-refractivity contribution in [2.75, 3.05) is 19.6 Å². The lowest BCUT2D eigenvalue weighted by Gasteiger charge is -2.33. The van der Waals surface area contributed by atoms with Crippen molar-refractivity contribution < 1.29 is 9.21 Å². The molecule has 6 nitrogen and oxygen atoms in total. The number of rotatable bonds is 5. The zero-order chi connectivity index (χ0) is 16.1. The molecular formula is C17H22N4O2. The van der Waals surface area contributed by atoms with E-state index in [0.29, 0.717) is 12.2 Å². The van der Waals surface area contributed by atoms with E-state index in [1.54, 1.807) is 12.5 Å². The minimum Gasteiger partial charge on any atom is -0.468 e. The predicted octanol–water partition coefficient (Wildman–Crippen LogP) is 2.34. The molecule has 0 radical (unpaired) electrons. The Morgan fingerprint density at radius 2 is 2.13 bits per heavy atom. The number of hydrogen-bond donors (Lipinski definition) is 1. The highest BCUT2D eigenvalue weighted by atomic mass is 16.3. The summed E-state index contributed by atoms with van der Waals surface area (Å²) in [5, 5.41) is 2.96. The van der Waals surface area contributed by atoms with E-state index >= 15 is 0 Å². The number of carbonyl (C=O) groups is 1. The van der Waals surface area contributed by atoms with Crippen LogP contribution in [0.25, 0.3) is 0 Å². The van der Waals surface area contributed by atoms with Crippen LogP contribution >= 0.6 is 0 Å². The molecule has 1 amide bonds. The second-order valence-electron chi connectivity index (χ2n) is 5.88. The van der Waals surface area contributed by atoms with Crippen molar-refractivity contribution in [3.8, 4) is 0 Å². The van der Waals surface area contributed by atoms with E-state index in [-0.39, 0.29) is 11.9 Å². The van der Waals surface area contributed by atoms with Crippen molar-refractivity contribution in [1.82, 2.24) is 20.2 Å². The van der Waals surface area contributed by atoms with Gasteiger partial charge in [0.05, 0.1) is 24.2 Å². The van der Waals surface area contributed by atoms with Gasteiger partial charge in [-0.3, -0.25) is 14.7 Å². The molecule has 1 unspecified atom stereocenters. The second kappa shape index (κ2) is 7.37. The van der Waals surface area contributed by atoms with Gasteiger partial charge < -0.3 is 9.73 Å². The van der Waals surface area contributed by atoms with Gasteiger partial charge in [0.2, 0.25) is 0 Å². The van der Waals surface area contributed by atoms with Crippen LogP contribution in [0.15, 0.2) is 35.2 Å². The van der Waals surface area contributed by atoms with Crippen LogP contribution in [0.4, 0.5) is 0 Å². The molecule has 1 aliphatic heterocycles. The van der Waals surface area contributed by atoms with E-state index in [0.717, 1.165) is 24.5 Å². The van der Waals surface area contributed by atoms with Crippen molar-refractivity contribution in [1.29, 1.82) is 0 Å². The topological polar surface area (TPSA) is 71.3 Å². The summed E-state index contributed by atoms with van der Waals surface area (Å²) in [7, 11) is 0. The summed E-state index contributed by atoms with van der Waals surface area (Å²) in [6.07, 6.45) is 8.44.